The first-order valence-corrected chi connectivity index (χ1v) is 9.25. The molecular weight excluding hydrogens is 403 g/mol. The standard InChI is InChI=1S/C20H16Cl2N2O4/c1-2-9-28-17-8-5-14(22)10-12(17)11-16-18(25)23-20(27)24(19(16)26)15-6-3-13(21)4-7-15/h3-8,10-11H,2,9H2,1H3,(H,23,25,27)/b16-11+. The summed E-state index contributed by atoms with van der Waals surface area (Å²) < 4.78 is 5.66. The normalized spacial score (nSPS) is 15.8. The number of carbonyl (C=O) groups is 3. The van der Waals surface area contributed by atoms with E-state index in [4.69, 9.17) is 27.9 Å². The molecule has 0 aromatic heterocycles. The number of halogens is 2. The van der Waals surface area contributed by atoms with E-state index in [0.717, 1.165) is 11.3 Å². The summed E-state index contributed by atoms with van der Waals surface area (Å²) in [7, 11) is 0. The Morgan fingerprint density at radius 3 is 2.39 bits per heavy atom. The summed E-state index contributed by atoms with van der Waals surface area (Å²) in [5, 5.41) is 3.05. The number of imide groups is 2. The van der Waals surface area contributed by atoms with Crippen LogP contribution in [0.3, 0.4) is 0 Å². The van der Waals surface area contributed by atoms with Crippen LogP contribution in [0.1, 0.15) is 18.9 Å². The lowest BCUT2D eigenvalue weighted by Gasteiger charge is -2.26. The van der Waals surface area contributed by atoms with E-state index in [9.17, 15) is 14.4 Å². The van der Waals surface area contributed by atoms with Crippen LogP contribution in [0, 0.1) is 0 Å². The molecule has 6 nitrogen and oxygen atoms in total. The second-order valence-electron chi connectivity index (χ2n) is 5.96. The van der Waals surface area contributed by atoms with Gasteiger partial charge in [-0.2, -0.15) is 0 Å². The van der Waals surface area contributed by atoms with Crippen molar-refractivity contribution in [1.82, 2.24) is 5.32 Å². The molecule has 0 unspecified atom stereocenters. The number of benzene rings is 2. The van der Waals surface area contributed by atoms with E-state index in [2.05, 4.69) is 5.32 Å². The van der Waals surface area contributed by atoms with E-state index >= 15 is 0 Å². The molecule has 0 spiro atoms. The average Bonchev–Trinajstić information content (AvgIpc) is 2.66. The van der Waals surface area contributed by atoms with E-state index in [0.29, 0.717) is 33.7 Å². The summed E-state index contributed by atoms with van der Waals surface area (Å²) in [5.41, 5.74) is 0.543. The number of nitrogens with zero attached hydrogens (tertiary/aromatic N) is 1. The molecule has 0 aliphatic carbocycles. The largest absolute Gasteiger partial charge is 0.493 e. The Balaban J connectivity index is 2.02. The first-order chi connectivity index (χ1) is 13.4. The SMILES string of the molecule is CCCOc1ccc(Cl)cc1/C=C1\C(=O)NC(=O)N(c2ccc(Cl)cc2)C1=O. The van der Waals surface area contributed by atoms with Crippen LogP contribution in [-0.2, 0) is 9.59 Å². The van der Waals surface area contributed by atoms with Crippen molar-refractivity contribution in [3.05, 3.63) is 63.6 Å². The van der Waals surface area contributed by atoms with E-state index in [-0.39, 0.29) is 5.57 Å². The molecule has 0 radical (unpaired) electrons. The molecule has 4 amide bonds. The molecule has 3 rings (SSSR count). The molecule has 2 aromatic rings. The number of barbiturate groups is 1. The number of hydrogen-bond acceptors (Lipinski definition) is 4. The molecule has 1 aliphatic heterocycles. The van der Waals surface area contributed by atoms with Crippen molar-refractivity contribution in [2.24, 2.45) is 0 Å². The maximum absolute atomic E-state index is 12.9. The highest BCUT2D eigenvalue weighted by molar-refractivity contribution is 6.39. The zero-order chi connectivity index (χ0) is 20.3. The van der Waals surface area contributed by atoms with Crippen molar-refractivity contribution in [2.75, 3.05) is 11.5 Å². The third-order valence-electron chi connectivity index (χ3n) is 3.92. The molecule has 0 bridgehead atoms. The van der Waals surface area contributed by atoms with Gasteiger partial charge < -0.3 is 4.74 Å². The summed E-state index contributed by atoms with van der Waals surface area (Å²) in [6.45, 7) is 2.43. The van der Waals surface area contributed by atoms with Crippen molar-refractivity contribution >= 4 is 52.8 Å². The monoisotopic (exact) mass is 418 g/mol. The highest BCUT2D eigenvalue weighted by atomic mass is 35.5. The fourth-order valence-corrected chi connectivity index (χ4v) is 2.92. The van der Waals surface area contributed by atoms with Gasteiger partial charge in [0.25, 0.3) is 11.8 Å². The van der Waals surface area contributed by atoms with Crippen molar-refractivity contribution in [1.29, 1.82) is 0 Å². The summed E-state index contributed by atoms with van der Waals surface area (Å²) >= 11 is 11.9. The predicted molar refractivity (Wildman–Crippen MR) is 108 cm³/mol. The van der Waals surface area contributed by atoms with Gasteiger partial charge in [-0.05, 0) is 55.0 Å². The minimum atomic E-state index is -0.831. The Bertz CT molecular complexity index is 971. The van der Waals surface area contributed by atoms with Crippen molar-refractivity contribution in [3.8, 4) is 5.75 Å². The topological polar surface area (TPSA) is 75.7 Å². The van der Waals surface area contributed by atoms with Gasteiger partial charge in [0.15, 0.2) is 0 Å². The Morgan fingerprint density at radius 2 is 1.71 bits per heavy atom. The van der Waals surface area contributed by atoms with Gasteiger partial charge >= 0.3 is 6.03 Å². The van der Waals surface area contributed by atoms with Crippen LogP contribution in [0.2, 0.25) is 10.0 Å². The first kappa shape index (κ1) is 19.9. The molecule has 2 aromatic carbocycles. The maximum atomic E-state index is 12.9. The van der Waals surface area contributed by atoms with Crippen LogP contribution in [0.15, 0.2) is 48.0 Å². The number of urea groups is 1. The minimum absolute atomic E-state index is 0.210. The van der Waals surface area contributed by atoms with E-state index < -0.39 is 17.8 Å². The highest BCUT2D eigenvalue weighted by Crippen LogP contribution is 2.28. The number of rotatable bonds is 5. The molecule has 8 heteroatoms. The molecule has 1 saturated heterocycles. The fourth-order valence-electron chi connectivity index (χ4n) is 2.61. The van der Waals surface area contributed by atoms with Gasteiger partial charge in [-0.1, -0.05) is 30.1 Å². The van der Waals surface area contributed by atoms with E-state index in [1.54, 1.807) is 30.3 Å². The zero-order valence-electron chi connectivity index (χ0n) is 14.9. The zero-order valence-corrected chi connectivity index (χ0v) is 16.4. The smallest absolute Gasteiger partial charge is 0.335 e. The van der Waals surface area contributed by atoms with Gasteiger partial charge in [-0.25, -0.2) is 9.69 Å². The molecule has 144 valence electrons. The molecule has 0 saturated carbocycles. The maximum Gasteiger partial charge on any atom is 0.335 e. The third-order valence-corrected chi connectivity index (χ3v) is 4.41. The molecule has 1 heterocycles. The van der Waals surface area contributed by atoms with Gasteiger partial charge in [0.1, 0.15) is 11.3 Å². The van der Waals surface area contributed by atoms with Crippen molar-refractivity contribution < 1.29 is 19.1 Å². The molecule has 1 fully saturated rings. The summed E-state index contributed by atoms with van der Waals surface area (Å²) in [6.07, 6.45) is 2.15. The Kier molecular flexibility index (Phi) is 6.02. The second-order valence-corrected chi connectivity index (χ2v) is 6.84. The molecule has 1 aliphatic rings. The van der Waals surface area contributed by atoms with Crippen LogP contribution in [0.4, 0.5) is 10.5 Å². The second kappa shape index (κ2) is 8.46. The number of hydrogen-bond donors (Lipinski definition) is 1. The van der Waals surface area contributed by atoms with Gasteiger partial charge in [-0.3, -0.25) is 14.9 Å². The Morgan fingerprint density at radius 1 is 1.04 bits per heavy atom. The number of carbonyl (C=O) groups excluding carboxylic acids is 3. The van der Waals surface area contributed by atoms with E-state index in [1.807, 2.05) is 6.92 Å². The van der Waals surface area contributed by atoms with Crippen LogP contribution >= 0.6 is 23.2 Å². The average molecular weight is 419 g/mol. The summed E-state index contributed by atoms with van der Waals surface area (Å²) in [4.78, 5) is 38.3. The van der Waals surface area contributed by atoms with Gasteiger partial charge in [-0.15, -0.1) is 0 Å². The highest BCUT2D eigenvalue weighted by Gasteiger charge is 2.37. The van der Waals surface area contributed by atoms with Gasteiger partial charge in [0.05, 0.1) is 12.3 Å². The summed E-state index contributed by atoms with van der Waals surface area (Å²) in [6, 6.07) is 10.2. The summed E-state index contributed by atoms with van der Waals surface area (Å²) in [5.74, 6) is -1.06. The molecular formula is C20H16Cl2N2O4. The predicted octanol–water partition coefficient (Wildman–Crippen LogP) is 4.45. The quantitative estimate of drug-likeness (QED) is 0.574. The minimum Gasteiger partial charge on any atom is -0.493 e. The number of ether oxygens (including phenoxy) is 1. The number of anilines is 1. The fraction of sp³-hybridized carbons (Fsp3) is 0.150. The van der Waals surface area contributed by atoms with Crippen LogP contribution in [-0.4, -0.2) is 24.5 Å². The lowest BCUT2D eigenvalue weighted by molar-refractivity contribution is -0.122. The van der Waals surface area contributed by atoms with Crippen molar-refractivity contribution in [2.45, 2.75) is 13.3 Å². The lowest BCUT2D eigenvalue weighted by atomic mass is 10.1. The Hall–Kier alpha value is -2.83. The number of nitrogens with one attached hydrogen (secondary N) is 1. The molecule has 0 atom stereocenters. The molecule has 1 N–H and O–H groups in total. The van der Waals surface area contributed by atoms with Gasteiger partial charge in [0, 0.05) is 15.6 Å². The molecule has 28 heavy (non-hydrogen) atoms. The van der Waals surface area contributed by atoms with Crippen molar-refractivity contribution in [3.63, 3.8) is 0 Å². The Labute approximate surface area is 171 Å². The van der Waals surface area contributed by atoms with Crippen LogP contribution in [0.25, 0.3) is 6.08 Å². The van der Waals surface area contributed by atoms with Crippen LogP contribution < -0.4 is 15.0 Å². The lowest BCUT2D eigenvalue weighted by Crippen LogP contribution is -2.54. The van der Waals surface area contributed by atoms with Gasteiger partial charge in [0.2, 0.25) is 0 Å². The third kappa shape index (κ3) is 4.18. The van der Waals surface area contributed by atoms with Crippen LogP contribution in [0.5, 0.6) is 5.75 Å². The number of amides is 4. The van der Waals surface area contributed by atoms with E-state index in [1.165, 1.54) is 18.2 Å². The first-order valence-electron chi connectivity index (χ1n) is 8.50.